The molecule has 3 rings (SSSR count). The maximum atomic E-state index is 9.28. The molecule has 0 amide bonds. The van der Waals surface area contributed by atoms with Crippen LogP contribution in [0.15, 0.2) is 21.3 Å². The van der Waals surface area contributed by atoms with Crippen molar-refractivity contribution in [2.75, 3.05) is 0 Å². The highest BCUT2D eigenvalue weighted by Crippen LogP contribution is 2.44. The van der Waals surface area contributed by atoms with E-state index in [1.54, 1.807) is 22.7 Å². The molecule has 2 nitrogen and oxygen atoms in total. The highest BCUT2D eigenvalue weighted by Gasteiger charge is 2.41. The highest BCUT2D eigenvalue weighted by molar-refractivity contribution is 9.10. The third kappa shape index (κ3) is 1.85. The zero-order valence-corrected chi connectivity index (χ0v) is 12.2. The molecule has 0 bridgehead atoms. The fourth-order valence-electron chi connectivity index (χ4n) is 1.99. The summed E-state index contributed by atoms with van der Waals surface area (Å²) in [5.41, 5.74) is 0.680. The first kappa shape index (κ1) is 11.4. The number of rotatable bonds is 2. The Balaban J connectivity index is 1.96. The molecule has 1 fully saturated rings. The molecule has 2 aromatic heterocycles. The summed E-state index contributed by atoms with van der Waals surface area (Å²) < 4.78 is 1.09. The van der Waals surface area contributed by atoms with E-state index in [9.17, 15) is 5.26 Å². The molecule has 0 atom stereocenters. The summed E-state index contributed by atoms with van der Waals surface area (Å²) in [4.78, 5) is 5.81. The van der Waals surface area contributed by atoms with Crippen molar-refractivity contribution >= 4 is 38.6 Å². The molecule has 17 heavy (non-hydrogen) atoms. The molecule has 0 radical (unpaired) electrons. The van der Waals surface area contributed by atoms with E-state index < -0.39 is 0 Å². The van der Waals surface area contributed by atoms with Crippen molar-refractivity contribution in [3.63, 3.8) is 0 Å². The topological polar surface area (TPSA) is 36.7 Å². The van der Waals surface area contributed by atoms with Gasteiger partial charge in [0.1, 0.15) is 10.4 Å². The normalized spacial score (nSPS) is 17.4. The van der Waals surface area contributed by atoms with Crippen molar-refractivity contribution < 1.29 is 0 Å². The molecular formula is C12H9BrN2S2. The van der Waals surface area contributed by atoms with Crippen LogP contribution in [-0.4, -0.2) is 4.98 Å². The lowest BCUT2D eigenvalue weighted by Gasteiger charge is -2.33. The van der Waals surface area contributed by atoms with Crippen LogP contribution in [0.3, 0.4) is 0 Å². The van der Waals surface area contributed by atoms with Gasteiger partial charge >= 0.3 is 0 Å². The van der Waals surface area contributed by atoms with E-state index in [1.165, 1.54) is 4.88 Å². The van der Waals surface area contributed by atoms with Gasteiger partial charge in [-0.1, -0.05) is 0 Å². The van der Waals surface area contributed by atoms with Gasteiger partial charge in [0.05, 0.1) is 16.6 Å². The van der Waals surface area contributed by atoms with Crippen LogP contribution in [0.4, 0.5) is 0 Å². The van der Waals surface area contributed by atoms with Gasteiger partial charge in [-0.05, 0) is 41.3 Å². The molecule has 0 aliphatic heterocycles. The Morgan fingerprint density at radius 2 is 2.18 bits per heavy atom. The second kappa shape index (κ2) is 4.20. The molecule has 0 unspecified atom stereocenters. The molecule has 0 saturated heterocycles. The minimum absolute atomic E-state index is 0.288. The van der Waals surface area contributed by atoms with Crippen LogP contribution in [0.25, 0.3) is 9.88 Å². The van der Waals surface area contributed by atoms with Crippen LogP contribution < -0.4 is 0 Å². The maximum Gasteiger partial charge on any atom is 0.133 e. The van der Waals surface area contributed by atoms with Gasteiger partial charge in [-0.2, -0.15) is 5.26 Å². The van der Waals surface area contributed by atoms with Crippen LogP contribution in [0.1, 0.15) is 25.0 Å². The molecular weight excluding hydrogens is 316 g/mol. The summed E-state index contributed by atoms with van der Waals surface area (Å²) in [7, 11) is 0. The molecule has 2 aromatic rings. The van der Waals surface area contributed by atoms with Crippen LogP contribution in [-0.2, 0) is 5.41 Å². The zero-order valence-electron chi connectivity index (χ0n) is 8.94. The molecule has 0 spiro atoms. The van der Waals surface area contributed by atoms with Gasteiger partial charge in [0.2, 0.25) is 0 Å². The average molecular weight is 325 g/mol. The summed E-state index contributed by atoms with van der Waals surface area (Å²) in [6.45, 7) is 0. The molecule has 86 valence electrons. The third-order valence-electron chi connectivity index (χ3n) is 3.19. The number of nitriles is 1. The fourth-order valence-corrected chi connectivity index (χ4v) is 4.41. The molecule has 1 aliphatic rings. The zero-order chi connectivity index (χ0) is 11.9. The SMILES string of the molecule is N#CC1(c2csc(-c3cc(Br)cs3)n2)CCC1. The number of aromatic nitrogens is 1. The van der Waals surface area contributed by atoms with Gasteiger partial charge in [0.25, 0.3) is 0 Å². The van der Waals surface area contributed by atoms with Gasteiger partial charge in [-0.25, -0.2) is 4.98 Å². The average Bonchev–Trinajstić information content (AvgIpc) is 2.86. The van der Waals surface area contributed by atoms with Gasteiger partial charge in [-0.3, -0.25) is 0 Å². The fraction of sp³-hybridized carbons (Fsp3) is 0.333. The highest BCUT2D eigenvalue weighted by atomic mass is 79.9. The molecule has 0 aromatic carbocycles. The van der Waals surface area contributed by atoms with Crippen LogP contribution in [0, 0.1) is 11.3 Å². The summed E-state index contributed by atoms with van der Waals surface area (Å²) in [5, 5.41) is 14.4. The lowest BCUT2D eigenvalue weighted by Crippen LogP contribution is -2.32. The second-order valence-corrected chi connectivity index (χ2v) is 6.90. The third-order valence-corrected chi connectivity index (χ3v) is 5.90. The second-order valence-electron chi connectivity index (χ2n) is 4.21. The Labute approximate surface area is 116 Å². The number of hydrogen-bond acceptors (Lipinski definition) is 4. The number of thiophene rings is 1. The quantitative estimate of drug-likeness (QED) is 0.810. The van der Waals surface area contributed by atoms with E-state index in [-0.39, 0.29) is 5.41 Å². The molecule has 5 heteroatoms. The monoisotopic (exact) mass is 324 g/mol. The van der Waals surface area contributed by atoms with E-state index in [2.05, 4.69) is 38.4 Å². The van der Waals surface area contributed by atoms with Gasteiger partial charge in [0, 0.05) is 15.2 Å². The van der Waals surface area contributed by atoms with E-state index in [4.69, 9.17) is 0 Å². The summed E-state index contributed by atoms with van der Waals surface area (Å²) in [5.74, 6) is 0. The Bertz CT molecular complexity index is 590. The van der Waals surface area contributed by atoms with Crippen molar-refractivity contribution in [1.82, 2.24) is 4.98 Å². The number of nitrogens with zero attached hydrogens (tertiary/aromatic N) is 2. The lowest BCUT2D eigenvalue weighted by atomic mass is 9.68. The maximum absolute atomic E-state index is 9.28. The van der Waals surface area contributed by atoms with Crippen molar-refractivity contribution in [3.05, 3.63) is 27.0 Å². The van der Waals surface area contributed by atoms with Crippen molar-refractivity contribution in [1.29, 1.82) is 5.26 Å². The van der Waals surface area contributed by atoms with E-state index in [0.29, 0.717) is 0 Å². The van der Waals surface area contributed by atoms with E-state index in [0.717, 1.165) is 34.4 Å². The van der Waals surface area contributed by atoms with Crippen LogP contribution in [0.2, 0.25) is 0 Å². The van der Waals surface area contributed by atoms with Crippen molar-refractivity contribution in [2.45, 2.75) is 24.7 Å². The summed E-state index contributed by atoms with van der Waals surface area (Å²) in [6, 6.07) is 4.52. The molecule has 0 N–H and O–H groups in total. The smallest absolute Gasteiger partial charge is 0.133 e. The Kier molecular flexibility index (Phi) is 2.81. The molecule has 1 aliphatic carbocycles. The molecule has 2 heterocycles. The summed E-state index contributed by atoms with van der Waals surface area (Å²) >= 11 is 6.76. The first-order valence-corrected chi connectivity index (χ1v) is 7.90. The van der Waals surface area contributed by atoms with Crippen molar-refractivity contribution in [2.24, 2.45) is 0 Å². The minimum Gasteiger partial charge on any atom is -0.239 e. The Hall–Kier alpha value is -0.700. The largest absolute Gasteiger partial charge is 0.239 e. The number of thiazole rings is 1. The predicted molar refractivity (Wildman–Crippen MR) is 74.3 cm³/mol. The van der Waals surface area contributed by atoms with Crippen molar-refractivity contribution in [3.8, 4) is 16.0 Å². The van der Waals surface area contributed by atoms with Gasteiger partial charge in [-0.15, -0.1) is 22.7 Å². The van der Waals surface area contributed by atoms with Crippen LogP contribution >= 0.6 is 38.6 Å². The van der Waals surface area contributed by atoms with Gasteiger partial charge in [0.15, 0.2) is 0 Å². The standard InChI is InChI=1S/C12H9BrN2S2/c13-8-4-9(16-5-8)11-15-10(6-17-11)12(7-14)2-1-3-12/h4-6H,1-3H2. The Morgan fingerprint density at radius 3 is 2.71 bits per heavy atom. The number of halogens is 1. The first-order valence-electron chi connectivity index (χ1n) is 5.35. The van der Waals surface area contributed by atoms with Gasteiger partial charge < -0.3 is 0 Å². The van der Waals surface area contributed by atoms with E-state index in [1.807, 2.05) is 5.38 Å². The van der Waals surface area contributed by atoms with E-state index >= 15 is 0 Å². The summed E-state index contributed by atoms with van der Waals surface area (Å²) in [6.07, 6.45) is 3.06. The Morgan fingerprint density at radius 1 is 1.35 bits per heavy atom. The minimum atomic E-state index is -0.288. The molecule has 1 saturated carbocycles. The first-order chi connectivity index (χ1) is 8.23. The van der Waals surface area contributed by atoms with Crippen LogP contribution in [0.5, 0.6) is 0 Å². The predicted octanol–water partition coefficient (Wildman–Crippen LogP) is 4.58. The lowest BCUT2D eigenvalue weighted by molar-refractivity contribution is 0.317. The number of hydrogen-bond donors (Lipinski definition) is 0.